The molecule has 1 fully saturated rings. The van der Waals surface area contributed by atoms with E-state index in [0.29, 0.717) is 25.4 Å². The smallest absolute Gasteiger partial charge is 0.240 e. The third kappa shape index (κ3) is 5.26. The first-order valence-electron chi connectivity index (χ1n) is 9.25. The second-order valence-electron chi connectivity index (χ2n) is 6.85. The van der Waals surface area contributed by atoms with Crippen LogP contribution in [-0.2, 0) is 14.8 Å². The van der Waals surface area contributed by atoms with Crippen LogP contribution < -0.4 is 9.46 Å². The van der Waals surface area contributed by atoms with E-state index in [4.69, 9.17) is 21.1 Å². The summed E-state index contributed by atoms with van der Waals surface area (Å²) in [5.74, 6) is 0.0903. The van der Waals surface area contributed by atoms with Crippen molar-refractivity contribution in [3.05, 3.63) is 58.9 Å². The Balaban J connectivity index is 1.86. The molecule has 1 aliphatic rings. The Kier molecular flexibility index (Phi) is 7.13. The van der Waals surface area contributed by atoms with Gasteiger partial charge in [-0.1, -0.05) is 17.7 Å². The summed E-state index contributed by atoms with van der Waals surface area (Å²) in [5, 5.41) is 0.262. The lowest BCUT2D eigenvalue weighted by Gasteiger charge is -2.38. The Morgan fingerprint density at radius 2 is 2.03 bits per heavy atom. The molecule has 0 radical (unpaired) electrons. The molecular weight excluding hydrogens is 419 g/mol. The van der Waals surface area contributed by atoms with Gasteiger partial charge in [-0.25, -0.2) is 17.5 Å². The van der Waals surface area contributed by atoms with E-state index in [1.807, 2.05) is 11.8 Å². The highest BCUT2D eigenvalue weighted by molar-refractivity contribution is 7.89. The van der Waals surface area contributed by atoms with Gasteiger partial charge in [-0.2, -0.15) is 0 Å². The molecule has 1 aliphatic heterocycles. The summed E-state index contributed by atoms with van der Waals surface area (Å²) in [7, 11) is -2.29. The molecule has 2 aromatic carbocycles. The van der Waals surface area contributed by atoms with Crippen molar-refractivity contribution in [1.82, 2.24) is 9.62 Å². The molecule has 9 heteroatoms. The van der Waals surface area contributed by atoms with Crippen LogP contribution >= 0.6 is 11.6 Å². The van der Waals surface area contributed by atoms with E-state index in [2.05, 4.69) is 4.72 Å². The topological polar surface area (TPSA) is 67.9 Å². The van der Waals surface area contributed by atoms with Crippen molar-refractivity contribution in [3.8, 4) is 5.75 Å². The molecule has 6 nitrogen and oxygen atoms in total. The Morgan fingerprint density at radius 3 is 2.66 bits per heavy atom. The molecule has 1 N–H and O–H groups in total. The predicted octanol–water partition coefficient (Wildman–Crippen LogP) is 3.23. The second-order valence-corrected chi connectivity index (χ2v) is 9.03. The lowest BCUT2D eigenvalue weighted by atomic mass is 10.0. The maximum absolute atomic E-state index is 14.6. The van der Waals surface area contributed by atoms with Crippen LogP contribution in [-0.4, -0.2) is 52.8 Å². The van der Waals surface area contributed by atoms with Crippen LogP contribution in [0.5, 0.6) is 5.75 Å². The quantitative estimate of drug-likeness (QED) is 0.713. The molecule has 0 aromatic heterocycles. The average molecular weight is 443 g/mol. The van der Waals surface area contributed by atoms with Gasteiger partial charge in [0.25, 0.3) is 0 Å². The molecule has 1 saturated heterocycles. The Labute approximate surface area is 175 Å². The van der Waals surface area contributed by atoms with Gasteiger partial charge in [0.05, 0.1) is 30.8 Å². The molecule has 0 spiro atoms. The van der Waals surface area contributed by atoms with Crippen molar-refractivity contribution in [2.45, 2.75) is 24.0 Å². The van der Waals surface area contributed by atoms with Crippen molar-refractivity contribution in [2.75, 3.05) is 33.4 Å². The van der Waals surface area contributed by atoms with Crippen LogP contribution in [0.2, 0.25) is 5.02 Å². The zero-order valence-electron chi connectivity index (χ0n) is 16.3. The van der Waals surface area contributed by atoms with E-state index in [9.17, 15) is 12.8 Å². The minimum Gasteiger partial charge on any atom is -0.497 e. The first kappa shape index (κ1) is 22.0. The lowest BCUT2D eigenvalue weighted by molar-refractivity contribution is -0.0342. The maximum Gasteiger partial charge on any atom is 0.240 e. The summed E-state index contributed by atoms with van der Waals surface area (Å²) < 4.78 is 53.4. The molecular formula is C20H24ClFN2O4S. The van der Waals surface area contributed by atoms with Crippen molar-refractivity contribution in [1.29, 1.82) is 0 Å². The minimum atomic E-state index is -3.80. The highest BCUT2D eigenvalue weighted by Crippen LogP contribution is 2.31. The summed E-state index contributed by atoms with van der Waals surface area (Å²) in [6.45, 7) is 3.47. The number of morpholine rings is 1. The number of hydrogen-bond donors (Lipinski definition) is 1. The van der Waals surface area contributed by atoms with Gasteiger partial charge in [0.1, 0.15) is 11.6 Å². The molecule has 2 unspecified atom stereocenters. The number of nitrogens with zero attached hydrogens (tertiary/aromatic N) is 1. The van der Waals surface area contributed by atoms with Crippen molar-refractivity contribution < 1.29 is 22.3 Å². The van der Waals surface area contributed by atoms with Crippen LogP contribution in [0.4, 0.5) is 4.39 Å². The highest BCUT2D eigenvalue weighted by atomic mass is 35.5. The van der Waals surface area contributed by atoms with Gasteiger partial charge >= 0.3 is 0 Å². The number of ether oxygens (including phenoxy) is 2. The Hall–Kier alpha value is -1.71. The summed E-state index contributed by atoms with van der Waals surface area (Å²) >= 11 is 6.29. The van der Waals surface area contributed by atoms with Gasteiger partial charge < -0.3 is 9.47 Å². The van der Waals surface area contributed by atoms with Crippen molar-refractivity contribution in [2.24, 2.45) is 0 Å². The fourth-order valence-corrected chi connectivity index (χ4v) is 4.73. The average Bonchev–Trinajstić information content (AvgIpc) is 2.70. The zero-order valence-corrected chi connectivity index (χ0v) is 17.8. The fourth-order valence-electron chi connectivity index (χ4n) is 3.40. The van der Waals surface area contributed by atoms with Gasteiger partial charge in [0.15, 0.2) is 0 Å². The molecule has 1 heterocycles. The Morgan fingerprint density at radius 1 is 1.31 bits per heavy atom. The largest absolute Gasteiger partial charge is 0.497 e. The van der Waals surface area contributed by atoms with E-state index < -0.39 is 21.9 Å². The summed E-state index contributed by atoms with van der Waals surface area (Å²) in [6, 6.07) is 9.97. The summed E-state index contributed by atoms with van der Waals surface area (Å²) in [5.41, 5.74) is 0.278. The summed E-state index contributed by atoms with van der Waals surface area (Å²) in [6.07, 6.45) is -0.0463. The normalized spacial score (nSPS) is 19.1. The van der Waals surface area contributed by atoms with E-state index in [1.165, 1.54) is 31.4 Å². The zero-order chi connectivity index (χ0) is 21.0. The van der Waals surface area contributed by atoms with E-state index in [1.54, 1.807) is 18.2 Å². The SMILES string of the molecule is COc1ccc(S(=O)(=O)NCC(c2c(F)cccc2Cl)N2CCOC(C)C2)cc1. The Bertz CT molecular complexity index is 920. The number of halogens is 2. The highest BCUT2D eigenvalue weighted by Gasteiger charge is 2.30. The van der Waals surface area contributed by atoms with Crippen LogP contribution in [0.25, 0.3) is 0 Å². The number of benzene rings is 2. The number of nitrogens with one attached hydrogen (secondary N) is 1. The van der Waals surface area contributed by atoms with E-state index in [0.717, 1.165) is 0 Å². The molecule has 0 aliphatic carbocycles. The van der Waals surface area contributed by atoms with Gasteiger partial charge in [-0.15, -0.1) is 0 Å². The number of rotatable bonds is 7. The summed E-state index contributed by atoms with van der Waals surface area (Å²) in [4.78, 5) is 2.10. The van der Waals surface area contributed by atoms with Crippen LogP contribution in [0.3, 0.4) is 0 Å². The standard InChI is InChI=1S/C20H24ClFN2O4S/c1-14-13-24(10-11-28-14)19(20-17(21)4-3-5-18(20)22)12-23-29(25,26)16-8-6-15(27-2)7-9-16/h3-9,14,19,23H,10-13H2,1-2H3. The second kappa shape index (κ2) is 9.40. The molecule has 2 atom stereocenters. The fraction of sp³-hybridized carbons (Fsp3) is 0.400. The van der Waals surface area contributed by atoms with Gasteiger partial charge in [-0.05, 0) is 43.3 Å². The predicted molar refractivity (Wildman–Crippen MR) is 109 cm³/mol. The van der Waals surface area contributed by atoms with E-state index >= 15 is 0 Å². The minimum absolute atomic E-state index is 0.0261. The molecule has 158 valence electrons. The molecule has 29 heavy (non-hydrogen) atoms. The van der Waals surface area contributed by atoms with Gasteiger partial charge in [0.2, 0.25) is 10.0 Å². The monoisotopic (exact) mass is 442 g/mol. The number of methoxy groups -OCH3 is 1. The molecule has 0 bridgehead atoms. The molecule has 2 aromatic rings. The van der Waals surface area contributed by atoms with Gasteiger partial charge in [-0.3, -0.25) is 4.90 Å². The number of sulfonamides is 1. The van der Waals surface area contributed by atoms with Crippen LogP contribution in [0.15, 0.2) is 47.4 Å². The van der Waals surface area contributed by atoms with Crippen molar-refractivity contribution >= 4 is 21.6 Å². The molecule has 0 saturated carbocycles. The third-order valence-electron chi connectivity index (χ3n) is 4.88. The molecule has 3 rings (SSSR count). The van der Waals surface area contributed by atoms with E-state index in [-0.39, 0.29) is 28.1 Å². The van der Waals surface area contributed by atoms with Crippen LogP contribution in [0, 0.1) is 5.82 Å². The van der Waals surface area contributed by atoms with Gasteiger partial charge in [0, 0.05) is 30.2 Å². The first-order valence-corrected chi connectivity index (χ1v) is 11.1. The first-order chi connectivity index (χ1) is 13.8. The lowest BCUT2D eigenvalue weighted by Crippen LogP contribution is -2.46. The third-order valence-corrected chi connectivity index (χ3v) is 6.65. The molecule has 0 amide bonds. The van der Waals surface area contributed by atoms with Crippen LogP contribution in [0.1, 0.15) is 18.5 Å². The number of hydrogen-bond acceptors (Lipinski definition) is 5. The van der Waals surface area contributed by atoms with Crippen molar-refractivity contribution in [3.63, 3.8) is 0 Å². The maximum atomic E-state index is 14.6.